The lowest BCUT2D eigenvalue weighted by Crippen LogP contribution is -2.34. The molecule has 2 unspecified atom stereocenters. The molecule has 1 aliphatic carbocycles. The second kappa shape index (κ2) is 8.16. The molecule has 1 aliphatic heterocycles. The molecule has 3 nitrogen and oxygen atoms in total. The molecule has 128 valence electrons. The third-order valence-corrected chi connectivity index (χ3v) is 5.49. The lowest BCUT2D eigenvalue weighted by Gasteiger charge is -2.23. The maximum Gasteiger partial charge on any atom is 0.254 e. The van der Waals surface area contributed by atoms with Crippen molar-refractivity contribution in [1.82, 2.24) is 4.90 Å². The molecule has 1 saturated heterocycles. The highest BCUT2D eigenvalue weighted by atomic mass is 35.5. The van der Waals surface area contributed by atoms with E-state index in [1.54, 1.807) is 0 Å². The summed E-state index contributed by atoms with van der Waals surface area (Å²) >= 11 is 0. The van der Waals surface area contributed by atoms with E-state index in [4.69, 9.17) is 5.73 Å². The van der Waals surface area contributed by atoms with Crippen LogP contribution in [0.4, 0.5) is 0 Å². The van der Waals surface area contributed by atoms with Crippen LogP contribution in [-0.4, -0.2) is 29.9 Å². The van der Waals surface area contributed by atoms with Gasteiger partial charge in [0.15, 0.2) is 0 Å². The molecule has 0 bridgehead atoms. The maximum atomic E-state index is 12.7. The van der Waals surface area contributed by atoms with Crippen LogP contribution in [0.1, 0.15) is 67.3 Å². The van der Waals surface area contributed by atoms with Gasteiger partial charge in [0.05, 0.1) is 0 Å². The van der Waals surface area contributed by atoms with Gasteiger partial charge in [0.2, 0.25) is 0 Å². The summed E-state index contributed by atoms with van der Waals surface area (Å²) in [4.78, 5) is 14.7. The molecule has 4 heteroatoms. The molecule has 2 aliphatic rings. The summed E-state index contributed by atoms with van der Waals surface area (Å²) in [5.74, 6) is 1.32. The first-order chi connectivity index (χ1) is 10.7. The Balaban J connectivity index is 0.00000192. The quantitative estimate of drug-likeness (QED) is 0.907. The Morgan fingerprint density at radius 2 is 1.83 bits per heavy atom. The second-order valence-corrected chi connectivity index (χ2v) is 7.10. The van der Waals surface area contributed by atoms with E-state index in [-0.39, 0.29) is 18.3 Å². The number of likely N-dealkylation sites (tertiary alicyclic amines) is 1. The second-order valence-electron chi connectivity index (χ2n) is 7.10. The predicted octanol–water partition coefficient (Wildman–Crippen LogP) is 3.97. The number of nitrogens with zero attached hydrogens (tertiary/aromatic N) is 1. The number of hydrogen-bond donors (Lipinski definition) is 1. The largest absolute Gasteiger partial charge is 0.336 e. The Bertz CT molecular complexity index is 511. The van der Waals surface area contributed by atoms with Crippen LogP contribution in [0.5, 0.6) is 0 Å². The number of nitrogens with two attached hydrogens (primary N) is 1. The van der Waals surface area contributed by atoms with Crippen molar-refractivity contribution < 1.29 is 4.79 Å². The van der Waals surface area contributed by atoms with Crippen LogP contribution in [0.15, 0.2) is 24.3 Å². The van der Waals surface area contributed by atoms with Crippen molar-refractivity contribution in [2.45, 2.75) is 57.4 Å². The Hall–Kier alpha value is -1.06. The van der Waals surface area contributed by atoms with E-state index >= 15 is 0 Å². The molecule has 1 aromatic rings. The molecule has 3 rings (SSSR count). The van der Waals surface area contributed by atoms with E-state index in [2.05, 4.69) is 19.1 Å². The summed E-state index contributed by atoms with van der Waals surface area (Å²) < 4.78 is 0. The highest BCUT2D eigenvalue weighted by molar-refractivity contribution is 5.94. The van der Waals surface area contributed by atoms with Crippen LogP contribution in [0.2, 0.25) is 0 Å². The van der Waals surface area contributed by atoms with E-state index in [9.17, 15) is 4.79 Å². The smallest absolute Gasteiger partial charge is 0.254 e. The number of amides is 1. The number of carbonyl (C=O) groups excluding carboxylic acids is 1. The molecule has 1 aromatic carbocycles. The van der Waals surface area contributed by atoms with Gasteiger partial charge in [0.25, 0.3) is 5.91 Å². The van der Waals surface area contributed by atoms with Crippen molar-refractivity contribution in [1.29, 1.82) is 0 Å². The first kappa shape index (κ1) is 18.3. The van der Waals surface area contributed by atoms with Crippen molar-refractivity contribution in [3.63, 3.8) is 0 Å². The van der Waals surface area contributed by atoms with Crippen molar-refractivity contribution in [2.24, 2.45) is 11.7 Å². The van der Waals surface area contributed by atoms with Gasteiger partial charge >= 0.3 is 0 Å². The fraction of sp³-hybridized carbons (Fsp3) is 0.632. The van der Waals surface area contributed by atoms with Crippen LogP contribution in [0, 0.1) is 5.92 Å². The van der Waals surface area contributed by atoms with Crippen LogP contribution in [-0.2, 0) is 0 Å². The Morgan fingerprint density at radius 1 is 1.17 bits per heavy atom. The summed E-state index contributed by atoms with van der Waals surface area (Å²) in [6.45, 7) is 3.61. The molecular formula is C19H29ClN2O. The van der Waals surface area contributed by atoms with Crippen LogP contribution in [0.3, 0.4) is 0 Å². The first-order valence-corrected chi connectivity index (χ1v) is 8.80. The summed E-state index contributed by atoms with van der Waals surface area (Å²) in [5, 5.41) is 0. The summed E-state index contributed by atoms with van der Waals surface area (Å²) in [5.41, 5.74) is 7.99. The molecule has 0 aromatic heterocycles. The highest BCUT2D eigenvalue weighted by Gasteiger charge is 2.32. The minimum Gasteiger partial charge on any atom is -0.336 e. The topological polar surface area (TPSA) is 46.3 Å². The Morgan fingerprint density at radius 3 is 2.39 bits per heavy atom. The van der Waals surface area contributed by atoms with E-state index in [1.165, 1.54) is 37.7 Å². The molecule has 2 N–H and O–H groups in total. The average molecular weight is 337 g/mol. The van der Waals surface area contributed by atoms with Gasteiger partial charge in [0, 0.05) is 18.2 Å². The van der Waals surface area contributed by atoms with Gasteiger partial charge in [-0.2, -0.15) is 0 Å². The minimum absolute atomic E-state index is 0. The van der Waals surface area contributed by atoms with E-state index in [1.807, 2.05) is 17.0 Å². The lowest BCUT2D eigenvalue weighted by atomic mass is 9.84. The molecule has 2 atom stereocenters. The highest BCUT2D eigenvalue weighted by Crippen LogP contribution is 2.33. The predicted molar refractivity (Wildman–Crippen MR) is 97.2 cm³/mol. The number of benzene rings is 1. The van der Waals surface area contributed by atoms with Crippen molar-refractivity contribution in [3.05, 3.63) is 35.4 Å². The zero-order chi connectivity index (χ0) is 15.5. The number of halogens is 1. The third-order valence-electron chi connectivity index (χ3n) is 5.49. The summed E-state index contributed by atoms with van der Waals surface area (Å²) in [7, 11) is 0. The van der Waals surface area contributed by atoms with Gasteiger partial charge in [-0.15, -0.1) is 12.4 Å². The fourth-order valence-electron chi connectivity index (χ4n) is 4.10. The Labute approximate surface area is 146 Å². The third kappa shape index (κ3) is 4.07. The van der Waals surface area contributed by atoms with E-state index in [0.29, 0.717) is 24.4 Å². The van der Waals surface area contributed by atoms with Crippen molar-refractivity contribution in [2.75, 3.05) is 13.1 Å². The van der Waals surface area contributed by atoms with E-state index < -0.39 is 0 Å². The van der Waals surface area contributed by atoms with Crippen molar-refractivity contribution >= 4 is 18.3 Å². The molecule has 2 fully saturated rings. The van der Waals surface area contributed by atoms with Gasteiger partial charge in [-0.1, -0.05) is 31.4 Å². The van der Waals surface area contributed by atoms with Crippen LogP contribution >= 0.6 is 12.4 Å². The minimum atomic E-state index is 0. The molecule has 0 spiro atoms. The Kier molecular flexibility index (Phi) is 6.49. The van der Waals surface area contributed by atoms with Crippen LogP contribution in [0.25, 0.3) is 0 Å². The monoisotopic (exact) mass is 336 g/mol. The number of rotatable bonds is 3. The number of hydrogen-bond acceptors (Lipinski definition) is 2. The van der Waals surface area contributed by atoms with E-state index in [0.717, 1.165) is 18.5 Å². The van der Waals surface area contributed by atoms with Crippen molar-refractivity contribution in [3.8, 4) is 0 Å². The van der Waals surface area contributed by atoms with Gasteiger partial charge in [-0.25, -0.2) is 0 Å². The van der Waals surface area contributed by atoms with Gasteiger partial charge < -0.3 is 10.6 Å². The average Bonchev–Trinajstić information content (AvgIpc) is 2.96. The first-order valence-electron chi connectivity index (χ1n) is 8.80. The summed E-state index contributed by atoms with van der Waals surface area (Å²) in [6.07, 6.45) is 7.70. The lowest BCUT2D eigenvalue weighted by molar-refractivity contribution is 0.0743. The normalized spacial score (nSPS) is 25.2. The van der Waals surface area contributed by atoms with Gasteiger partial charge in [0.1, 0.15) is 0 Å². The molecule has 1 saturated carbocycles. The number of carbonyl (C=O) groups is 1. The van der Waals surface area contributed by atoms with Gasteiger partial charge in [-0.05, 0) is 62.3 Å². The zero-order valence-electron chi connectivity index (χ0n) is 14.0. The SMILES string of the molecule is CC1CC(CN)CN1C(=O)c1ccc(C2CCCCC2)cc1.Cl. The molecule has 1 amide bonds. The standard InChI is InChI=1S/C19H28N2O.ClH/c1-14-11-15(12-20)13-21(14)19(22)18-9-7-17(8-10-18)16-5-3-2-4-6-16;/h7-10,14-16H,2-6,11-13,20H2,1H3;1H. The summed E-state index contributed by atoms with van der Waals surface area (Å²) in [6, 6.07) is 8.69. The van der Waals surface area contributed by atoms with Gasteiger partial charge in [-0.3, -0.25) is 4.79 Å². The molecule has 23 heavy (non-hydrogen) atoms. The van der Waals surface area contributed by atoms with Crippen LogP contribution < -0.4 is 5.73 Å². The molecule has 0 radical (unpaired) electrons. The molecular weight excluding hydrogens is 308 g/mol. The maximum absolute atomic E-state index is 12.7. The molecule has 1 heterocycles. The fourth-order valence-corrected chi connectivity index (χ4v) is 4.10. The zero-order valence-corrected chi connectivity index (χ0v) is 14.9.